The number of rotatable bonds is 3. The van der Waals surface area contributed by atoms with Gasteiger partial charge in [-0.25, -0.2) is 13.1 Å². The van der Waals surface area contributed by atoms with Crippen LogP contribution in [0, 0.1) is 6.92 Å². The van der Waals surface area contributed by atoms with E-state index in [-0.39, 0.29) is 11.4 Å². The smallest absolute Gasteiger partial charge is 0.207 e. The van der Waals surface area contributed by atoms with Crippen LogP contribution in [0.4, 0.5) is 0 Å². The highest BCUT2D eigenvalue weighted by atomic mass is 35.6. The summed E-state index contributed by atoms with van der Waals surface area (Å²) < 4.78 is 24.2. The first-order chi connectivity index (χ1) is 7.22. The first-order valence-corrected chi connectivity index (χ1v) is 6.96. The lowest BCUT2D eigenvalue weighted by Crippen LogP contribution is -2.32. The van der Waals surface area contributed by atoms with Crippen molar-refractivity contribution < 1.29 is 8.42 Å². The Kier molecular flexibility index (Phi) is 4.49. The monoisotopic (exact) mass is 301 g/mol. The third-order valence-electron chi connectivity index (χ3n) is 1.85. The maximum atomic E-state index is 11.8. The lowest BCUT2D eigenvalue weighted by Gasteiger charge is -2.13. The maximum Gasteiger partial charge on any atom is 0.240 e. The summed E-state index contributed by atoms with van der Waals surface area (Å²) in [5.74, 6) is 0. The van der Waals surface area contributed by atoms with Gasteiger partial charge in [-0.2, -0.15) is 0 Å². The van der Waals surface area contributed by atoms with Gasteiger partial charge in [0.1, 0.15) is 0 Å². The van der Waals surface area contributed by atoms with Gasteiger partial charge in [0.2, 0.25) is 13.8 Å². The fraction of sp³-hybridized carbons (Fsp3) is 0.333. The molecule has 90 valence electrons. The van der Waals surface area contributed by atoms with E-state index in [9.17, 15) is 8.42 Å². The number of benzene rings is 1. The molecule has 0 heterocycles. The van der Waals surface area contributed by atoms with E-state index in [2.05, 4.69) is 4.72 Å². The molecule has 0 atom stereocenters. The number of hydrogen-bond donors (Lipinski definition) is 1. The second kappa shape index (κ2) is 5.10. The van der Waals surface area contributed by atoms with Gasteiger partial charge in [-0.3, -0.25) is 0 Å². The van der Waals surface area contributed by atoms with E-state index in [1.165, 1.54) is 6.07 Å². The second-order valence-electron chi connectivity index (χ2n) is 3.21. The van der Waals surface area contributed by atoms with Gasteiger partial charge in [0.25, 0.3) is 0 Å². The Morgan fingerprint density at radius 1 is 1.25 bits per heavy atom. The lowest BCUT2D eigenvalue weighted by atomic mass is 10.2. The van der Waals surface area contributed by atoms with Crippen molar-refractivity contribution in [2.75, 3.05) is 6.54 Å². The highest BCUT2D eigenvalue weighted by molar-refractivity contribution is 7.89. The van der Waals surface area contributed by atoms with E-state index < -0.39 is 13.8 Å². The van der Waals surface area contributed by atoms with Crippen molar-refractivity contribution >= 4 is 44.8 Å². The summed E-state index contributed by atoms with van der Waals surface area (Å²) in [6.07, 6.45) is 0. The van der Waals surface area contributed by atoms with Crippen LogP contribution in [0.25, 0.3) is 0 Å². The van der Waals surface area contributed by atoms with Gasteiger partial charge in [-0.1, -0.05) is 53.0 Å². The Hall–Kier alpha value is -0.000000000000000111. The summed E-state index contributed by atoms with van der Waals surface area (Å²) in [7, 11) is -3.63. The largest absolute Gasteiger partial charge is 0.240 e. The molecule has 0 fully saturated rings. The molecule has 0 aliphatic rings. The van der Waals surface area contributed by atoms with E-state index in [1.807, 2.05) is 0 Å². The fourth-order valence-electron chi connectivity index (χ4n) is 1.11. The van der Waals surface area contributed by atoms with Crippen LogP contribution in [-0.4, -0.2) is 18.8 Å². The Morgan fingerprint density at radius 2 is 1.81 bits per heavy atom. The van der Waals surface area contributed by atoms with E-state index in [4.69, 9.17) is 34.8 Å². The molecule has 0 saturated carbocycles. The van der Waals surface area contributed by atoms with Gasteiger partial charge >= 0.3 is 0 Å². The Bertz CT molecular complexity index is 468. The average Bonchev–Trinajstić information content (AvgIpc) is 2.14. The van der Waals surface area contributed by atoms with Crippen LogP contribution in [-0.2, 0) is 10.0 Å². The highest BCUT2D eigenvalue weighted by Crippen LogP contribution is 2.25. The molecule has 0 amide bonds. The van der Waals surface area contributed by atoms with Gasteiger partial charge in [-0.15, -0.1) is 0 Å². The van der Waals surface area contributed by atoms with Crippen LogP contribution in [0.1, 0.15) is 5.56 Å². The molecule has 0 unspecified atom stereocenters. The SMILES string of the molecule is Cc1ccccc1S(=O)(=O)NCC(Cl)(Cl)Cl. The van der Waals surface area contributed by atoms with Crippen LogP contribution in [0.5, 0.6) is 0 Å². The fourth-order valence-corrected chi connectivity index (χ4v) is 2.86. The molecule has 0 radical (unpaired) electrons. The van der Waals surface area contributed by atoms with Crippen molar-refractivity contribution in [3.8, 4) is 0 Å². The van der Waals surface area contributed by atoms with Crippen LogP contribution in [0.3, 0.4) is 0 Å². The number of sulfonamides is 1. The first kappa shape index (κ1) is 14.1. The standard InChI is InChI=1S/C9H10Cl3NO2S/c1-7-4-2-3-5-8(7)16(14,15)13-6-9(10,11)12/h2-5,13H,6H2,1H3. The number of aryl methyl sites for hydroxylation is 1. The Labute approximate surface area is 110 Å². The molecule has 0 spiro atoms. The number of hydrogen-bond acceptors (Lipinski definition) is 2. The summed E-state index contributed by atoms with van der Waals surface area (Å²) >= 11 is 16.4. The zero-order chi connectivity index (χ0) is 12.4. The molecule has 1 aromatic carbocycles. The average molecular weight is 303 g/mol. The highest BCUT2D eigenvalue weighted by Gasteiger charge is 2.24. The van der Waals surface area contributed by atoms with Crippen molar-refractivity contribution in [3.63, 3.8) is 0 Å². The molecule has 1 rings (SSSR count). The zero-order valence-electron chi connectivity index (χ0n) is 8.38. The molecule has 0 saturated heterocycles. The number of halogens is 3. The molecule has 0 bridgehead atoms. The minimum Gasteiger partial charge on any atom is -0.207 e. The minimum atomic E-state index is -3.63. The molecule has 0 aromatic heterocycles. The normalized spacial score (nSPS) is 12.8. The van der Waals surface area contributed by atoms with E-state index in [1.54, 1.807) is 25.1 Å². The first-order valence-electron chi connectivity index (χ1n) is 4.34. The van der Waals surface area contributed by atoms with Gasteiger partial charge in [-0.05, 0) is 18.6 Å². The third kappa shape index (κ3) is 4.11. The second-order valence-corrected chi connectivity index (χ2v) is 7.46. The van der Waals surface area contributed by atoms with Crippen molar-refractivity contribution in [1.82, 2.24) is 4.72 Å². The summed E-state index contributed by atoms with van der Waals surface area (Å²) in [5.41, 5.74) is 0.638. The van der Waals surface area contributed by atoms with Crippen LogP contribution in [0.2, 0.25) is 0 Å². The van der Waals surface area contributed by atoms with E-state index >= 15 is 0 Å². The van der Waals surface area contributed by atoms with E-state index in [0.29, 0.717) is 5.56 Å². The van der Waals surface area contributed by atoms with Gasteiger partial charge in [0, 0.05) is 0 Å². The molecule has 0 aliphatic heterocycles. The van der Waals surface area contributed by atoms with Gasteiger partial charge < -0.3 is 0 Å². The summed E-state index contributed by atoms with van der Waals surface area (Å²) in [5, 5.41) is 0. The molecule has 1 aromatic rings. The summed E-state index contributed by atoms with van der Waals surface area (Å²) in [6.45, 7) is 1.43. The van der Waals surface area contributed by atoms with Crippen molar-refractivity contribution in [2.45, 2.75) is 15.6 Å². The minimum absolute atomic E-state index is 0.184. The van der Waals surface area contributed by atoms with Crippen LogP contribution in [0.15, 0.2) is 29.2 Å². The van der Waals surface area contributed by atoms with E-state index in [0.717, 1.165) is 0 Å². The zero-order valence-corrected chi connectivity index (χ0v) is 11.5. The van der Waals surface area contributed by atoms with Gasteiger partial charge in [0.05, 0.1) is 11.4 Å². The predicted molar refractivity (Wildman–Crippen MR) is 66.7 cm³/mol. The number of alkyl halides is 3. The third-order valence-corrected chi connectivity index (χ3v) is 3.81. The molecular weight excluding hydrogens is 293 g/mol. The van der Waals surface area contributed by atoms with Crippen molar-refractivity contribution in [2.24, 2.45) is 0 Å². The Morgan fingerprint density at radius 3 is 2.31 bits per heavy atom. The van der Waals surface area contributed by atoms with Crippen molar-refractivity contribution in [1.29, 1.82) is 0 Å². The summed E-state index contributed by atoms with van der Waals surface area (Å²) in [4.78, 5) is 0.184. The van der Waals surface area contributed by atoms with Gasteiger partial charge in [0.15, 0.2) is 0 Å². The quantitative estimate of drug-likeness (QED) is 0.873. The molecule has 3 nitrogen and oxygen atoms in total. The molecule has 7 heteroatoms. The molecule has 0 aliphatic carbocycles. The molecule has 1 N–H and O–H groups in total. The number of nitrogens with one attached hydrogen (secondary N) is 1. The summed E-state index contributed by atoms with van der Waals surface area (Å²) in [6, 6.07) is 6.58. The Balaban J connectivity index is 2.92. The van der Waals surface area contributed by atoms with Crippen LogP contribution >= 0.6 is 34.8 Å². The molecular formula is C9H10Cl3NO2S. The van der Waals surface area contributed by atoms with Crippen molar-refractivity contribution in [3.05, 3.63) is 29.8 Å². The predicted octanol–water partition coefficient (Wildman–Crippen LogP) is 2.64. The maximum absolute atomic E-state index is 11.8. The molecule has 16 heavy (non-hydrogen) atoms. The van der Waals surface area contributed by atoms with Crippen LogP contribution < -0.4 is 4.72 Å². The topological polar surface area (TPSA) is 46.2 Å². The lowest BCUT2D eigenvalue weighted by molar-refractivity contribution is 0.581.